The molecule has 2 aromatic carbocycles. The molecule has 0 aliphatic heterocycles. The predicted molar refractivity (Wildman–Crippen MR) is 109 cm³/mol. The Balaban J connectivity index is 1.92. The van der Waals surface area contributed by atoms with Crippen molar-refractivity contribution in [3.05, 3.63) is 73.6 Å². The van der Waals surface area contributed by atoms with Crippen molar-refractivity contribution in [1.82, 2.24) is 4.57 Å². The molecule has 2 N–H and O–H groups in total. The van der Waals surface area contributed by atoms with Crippen molar-refractivity contribution in [3.8, 4) is 0 Å². The Kier molecular flexibility index (Phi) is 6.07. The number of hydrogen-bond donors (Lipinski definition) is 2. The number of benzene rings is 2. The molecular weight excluding hydrogens is 411 g/mol. The number of halogens is 3. The number of aliphatic hydroxyl groups excluding tert-OH is 1. The molecule has 0 saturated carbocycles. The van der Waals surface area contributed by atoms with E-state index in [1.165, 1.54) is 4.57 Å². The van der Waals surface area contributed by atoms with Crippen LogP contribution in [-0.2, 0) is 17.8 Å². The summed E-state index contributed by atoms with van der Waals surface area (Å²) < 4.78 is 1.40. The van der Waals surface area contributed by atoms with Crippen LogP contribution in [0.1, 0.15) is 5.56 Å². The smallest absolute Gasteiger partial charge is 0.258 e. The van der Waals surface area contributed by atoms with E-state index in [2.05, 4.69) is 5.32 Å². The van der Waals surface area contributed by atoms with Crippen LogP contribution in [0.25, 0.3) is 10.8 Å². The number of nitrogens with one attached hydrogen (secondary N) is 1. The second-order valence-corrected chi connectivity index (χ2v) is 7.12. The third-order valence-corrected chi connectivity index (χ3v) is 5.12. The Morgan fingerprint density at radius 3 is 2.44 bits per heavy atom. The van der Waals surface area contributed by atoms with Crippen LogP contribution in [0.5, 0.6) is 0 Å². The van der Waals surface area contributed by atoms with Gasteiger partial charge in [-0.2, -0.15) is 0 Å². The molecule has 0 fully saturated rings. The lowest BCUT2D eigenvalue weighted by molar-refractivity contribution is -0.115. The molecular formula is C19H15Cl3N2O3. The molecule has 0 spiro atoms. The molecule has 3 rings (SSSR count). The lowest BCUT2D eigenvalue weighted by atomic mass is 10.1. The van der Waals surface area contributed by atoms with Crippen molar-refractivity contribution in [1.29, 1.82) is 0 Å². The second-order valence-electron chi connectivity index (χ2n) is 5.89. The Hall–Kier alpha value is -2.05. The van der Waals surface area contributed by atoms with Crippen molar-refractivity contribution in [2.45, 2.75) is 13.0 Å². The second kappa shape index (κ2) is 8.31. The van der Waals surface area contributed by atoms with E-state index in [9.17, 15) is 9.59 Å². The van der Waals surface area contributed by atoms with Gasteiger partial charge in [0.25, 0.3) is 5.56 Å². The molecule has 0 aliphatic carbocycles. The first kappa shape index (κ1) is 19.7. The van der Waals surface area contributed by atoms with Gasteiger partial charge in [-0.1, -0.05) is 40.9 Å². The summed E-state index contributed by atoms with van der Waals surface area (Å²) in [6.07, 6.45) is 1.64. The maximum Gasteiger partial charge on any atom is 0.258 e. The number of nitrogens with zero attached hydrogens (tertiary/aromatic N) is 1. The Morgan fingerprint density at radius 1 is 1.00 bits per heavy atom. The van der Waals surface area contributed by atoms with Crippen LogP contribution in [0.2, 0.25) is 15.1 Å². The topological polar surface area (TPSA) is 71.3 Å². The molecule has 140 valence electrons. The molecule has 0 atom stereocenters. The summed E-state index contributed by atoms with van der Waals surface area (Å²) in [4.78, 5) is 25.0. The number of amides is 1. The van der Waals surface area contributed by atoms with Crippen LogP contribution in [0.15, 0.2) is 47.4 Å². The predicted octanol–water partition coefficient (Wildman–Crippen LogP) is 4.14. The monoisotopic (exact) mass is 424 g/mol. The number of anilines is 1. The van der Waals surface area contributed by atoms with E-state index in [1.54, 1.807) is 42.6 Å². The highest BCUT2D eigenvalue weighted by atomic mass is 35.5. The van der Waals surface area contributed by atoms with Gasteiger partial charge in [0, 0.05) is 23.5 Å². The summed E-state index contributed by atoms with van der Waals surface area (Å²) in [5.74, 6) is -0.303. The number of rotatable bonds is 5. The molecule has 5 nitrogen and oxygen atoms in total. The standard InChI is InChI=1S/C19H15Cl3N2O3/c20-14-3-1-11(9-16(14)22)10-17(26)23-18-12-5-6-24(7-8-25)19(27)13(12)2-4-15(18)21/h1-6,9,25H,7-8,10H2,(H,23,26). The molecule has 1 amide bonds. The van der Waals surface area contributed by atoms with Gasteiger partial charge < -0.3 is 15.0 Å². The van der Waals surface area contributed by atoms with E-state index in [4.69, 9.17) is 39.9 Å². The molecule has 0 bridgehead atoms. The third kappa shape index (κ3) is 4.28. The van der Waals surface area contributed by atoms with E-state index < -0.39 is 0 Å². The average Bonchev–Trinajstić information content (AvgIpc) is 2.63. The zero-order valence-electron chi connectivity index (χ0n) is 14.0. The van der Waals surface area contributed by atoms with E-state index in [0.717, 1.165) is 0 Å². The van der Waals surface area contributed by atoms with Gasteiger partial charge in [0.1, 0.15) is 0 Å². The number of aromatic nitrogens is 1. The fraction of sp³-hybridized carbons (Fsp3) is 0.158. The summed E-state index contributed by atoms with van der Waals surface area (Å²) in [6.45, 7) is 0.0443. The van der Waals surface area contributed by atoms with E-state index in [1.807, 2.05) is 0 Å². The van der Waals surface area contributed by atoms with Gasteiger partial charge in [0.2, 0.25) is 5.91 Å². The first-order valence-corrected chi connectivity index (χ1v) is 9.20. The van der Waals surface area contributed by atoms with Crippen molar-refractivity contribution in [3.63, 3.8) is 0 Å². The largest absolute Gasteiger partial charge is 0.395 e. The number of carbonyl (C=O) groups excluding carboxylic acids is 1. The van der Waals surface area contributed by atoms with Crippen LogP contribution in [-0.4, -0.2) is 22.2 Å². The van der Waals surface area contributed by atoms with Crippen molar-refractivity contribution < 1.29 is 9.90 Å². The van der Waals surface area contributed by atoms with E-state index >= 15 is 0 Å². The zero-order chi connectivity index (χ0) is 19.6. The summed E-state index contributed by atoms with van der Waals surface area (Å²) in [6, 6.07) is 9.81. The minimum Gasteiger partial charge on any atom is -0.395 e. The Bertz CT molecular complexity index is 1080. The molecule has 27 heavy (non-hydrogen) atoms. The van der Waals surface area contributed by atoms with Gasteiger partial charge in [-0.25, -0.2) is 0 Å². The zero-order valence-corrected chi connectivity index (χ0v) is 16.3. The SMILES string of the molecule is O=C(Cc1ccc(Cl)c(Cl)c1)Nc1c(Cl)ccc2c(=O)n(CCO)ccc12. The number of fused-ring (bicyclic) bond motifs is 1. The Labute approximate surface area is 170 Å². The van der Waals surface area contributed by atoms with Crippen LogP contribution in [0, 0.1) is 0 Å². The molecule has 0 aliphatic rings. The third-order valence-electron chi connectivity index (χ3n) is 4.06. The highest BCUT2D eigenvalue weighted by molar-refractivity contribution is 6.42. The van der Waals surface area contributed by atoms with Gasteiger partial charge in [-0.15, -0.1) is 0 Å². The maximum absolute atomic E-state index is 12.5. The molecule has 0 unspecified atom stereocenters. The molecule has 3 aromatic rings. The number of pyridine rings is 1. The Morgan fingerprint density at radius 2 is 1.74 bits per heavy atom. The number of aliphatic hydroxyl groups is 1. The quantitative estimate of drug-likeness (QED) is 0.645. The summed E-state index contributed by atoms with van der Waals surface area (Å²) >= 11 is 18.1. The normalized spacial score (nSPS) is 11.0. The van der Waals surface area contributed by atoms with Crippen LogP contribution in [0.4, 0.5) is 5.69 Å². The fourth-order valence-corrected chi connectivity index (χ4v) is 3.30. The maximum atomic E-state index is 12.5. The molecule has 8 heteroatoms. The molecule has 1 aromatic heterocycles. The minimum atomic E-state index is -0.303. The van der Waals surface area contributed by atoms with Gasteiger partial charge in [0.05, 0.1) is 33.8 Å². The van der Waals surface area contributed by atoms with Crippen LogP contribution >= 0.6 is 34.8 Å². The van der Waals surface area contributed by atoms with Gasteiger partial charge in [-0.05, 0) is 35.9 Å². The van der Waals surface area contributed by atoms with Gasteiger partial charge >= 0.3 is 0 Å². The van der Waals surface area contributed by atoms with Crippen molar-refractivity contribution >= 4 is 57.2 Å². The lowest BCUT2D eigenvalue weighted by Crippen LogP contribution is -2.22. The van der Waals surface area contributed by atoms with Gasteiger partial charge in [-0.3, -0.25) is 9.59 Å². The van der Waals surface area contributed by atoms with E-state index in [-0.39, 0.29) is 31.0 Å². The van der Waals surface area contributed by atoms with Crippen LogP contribution < -0.4 is 10.9 Å². The van der Waals surface area contributed by atoms with Crippen molar-refractivity contribution in [2.75, 3.05) is 11.9 Å². The van der Waals surface area contributed by atoms with E-state index in [0.29, 0.717) is 37.1 Å². The van der Waals surface area contributed by atoms with Crippen LogP contribution in [0.3, 0.4) is 0 Å². The highest BCUT2D eigenvalue weighted by Gasteiger charge is 2.14. The molecule has 0 radical (unpaired) electrons. The molecule has 0 saturated heterocycles. The van der Waals surface area contributed by atoms with Crippen molar-refractivity contribution in [2.24, 2.45) is 0 Å². The number of carbonyl (C=O) groups is 1. The summed E-state index contributed by atoms with van der Waals surface area (Å²) in [7, 11) is 0. The number of hydrogen-bond acceptors (Lipinski definition) is 3. The summed E-state index contributed by atoms with van der Waals surface area (Å²) in [5.41, 5.74) is 0.800. The average molecular weight is 426 g/mol. The molecule has 1 heterocycles. The first-order valence-electron chi connectivity index (χ1n) is 8.07. The fourth-order valence-electron chi connectivity index (χ4n) is 2.77. The highest BCUT2D eigenvalue weighted by Crippen LogP contribution is 2.30. The first-order chi connectivity index (χ1) is 12.9. The lowest BCUT2D eigenvalue weighted by Gasteiger charge is -2.12. The summed E-state index contributed by atoms with van der Waals surface area (Å²) in [5, 5.41) is 13.9. The van der Waals surface area contributed by atoms with Gasteiger partial charge in [0.15, 0.2) is 0 Å². The minimum absolute atomic E-state index is 0.0746.